The molecule has 13 heavy (non-hydrogen) atoms. The van der Waals surface area contributed by atoms with Gasteiger partial charge in [0.25, 0.3) is 0 Å². The van der Waals surface area contributed by atoms with Gasteiger partial charge < -0.3 is 34.5 Å². The van der Waals surface area contributed by atoms with Crippen molar-refractivity contribution < 1.29 is 21.9 Å². The summed E-state index contributed by atoms with van der Waals surface area (Å²) in [6.45, 7) is 0. The Morgan fingerprint density at radius 2 is 0.846 bits per heavy atom. The van der Waals surface area contributed by atoms with Gasteiger partial charge in [0, 0.05) is 28.4 Å². The molecule has 1 rings (SSSR count). The van der Waals surface area contributed by atoms with Gasteiger partial charge in [0.1, 0.15) is 0 Å². The molecule has 0 unspecified atom stereocenters. The van der Waals surface area contributed by atoms with E-state index in [1.54, 1.807) is 34.7 Å². The molecule has 2 nitrogen and oxygen atoms in total. The van der Waals surface area contributed by atoms with Crippen LogP contribution in [0.5, 0.6) is 0 Å². The van der Waals surface area contributed by atoms with Crippen LogP contribution in [0.15, 0.2) is 0 Å². The molecule has 0 N–H and O–H groups in total. The van der Waals surface area contributed by atoms with Gasteiger partial charge in [-0.15, -0.1) is 0 Å². The number of ether oxygens (including phenoxy) is 2. The fraction of sp³-hybridized carbons (Fsp3) is 1.00. The molecule has 0 aliphatic heterocycles. The fourth-order valence-electron chi connectivity index (χ4n) is 0. The third kappa shape index (κ3) is 316. The Balaban J connectivity index is -0.0000000211. The zero-order valence-corrected chi connectivity index (χ0v) is 12.4. The van der Waals surface area contributed by atoms with Crippen molar-refractivity contribution in [2.75, 3.05) is 34.7 Å². The predicted octanol–water partition coefficient (Wildman–Crippen LogP) is -1.52. The SMILES string of the molecule is C1CC1.COC.COC.C[S-].[Cl-].[Mg+2]. The van der Waals surface area contributed by atoms with Gasteiger partial charge in [0.2, 0.25) is 0 Å². The van der Waals surface area contributed by atoms with E-state index in [4.69, 9.17) is 0 Å². The molecule has 80 valence electrons. The maximum absolute atomic E-state index is 4.25. The van der Waals surface area contributed by atoms with E-state index in [9.17, 15) is 0 Å². The second kappa shape index (κ2) is 50.6. The number of halogens is 1. The van der Waals surface area contributed by atoms with Gasteiger partial charge in [-0.25, -0.2) is 0 Å². The third-order valence-electron chi connectivity index (χ3n) is 0.354. The number of methoxy groups -OCH3 is 2. The van der Waals surface area contributed by atoms with Crippen LogP contribution in [-0.2, 0) is 22.1 Å². The van der Waals surface area contributed by atoms with E-state index < -0.39 is 0 Å². The van der Waals surface area contributed by atoms with Crippen LogP contribution in [0.1, 0.15) is 19.3 Å². The van der Waals surface area contributed by atoms with Crippen LogP contribution < -0.4 is 12.4 Å². The number of hydrogen-bond donors (Lipinski definition) is 0. The van der Waals surface area contributed by atoms with E-state index in [0.29, 0.717) is 0 Å². The van der Waals surface area contributed by atoms with Crippen LogP contribution in [0.4, 0.5) is 0 Å². The Bertz CT molecular complexity index is 38.6. The minimum atomic E-state index is 0. The second-order valence-electron chi connectivity index (χ2n) is 1.88. The molecule has 0 spiro atoms. The molecule has 1 aliphatic carbocycles. The standard InChI is InChI=1S/C3H6.2C2H6O.CH4S.ClH.Mg/c1-2-3-1;2*1-3-2;1-2;;/h1-3H2;2*1-2H3;2H,1H3;1H;/q;;;;;+2/p-2. The second-order valence-corrected chi connectivity index (χ2v) is 1.88. The Labute approximate surface area is 111 Å². The average Bonchev–Trinajstić information content (AvgIpc) is 2.78. The Morgan fingerprint density at radius 1 is 0.769 bits per heavy atom. The van der Waals surface area contributed by atoms with Crippen molar-refractivity contribution >= 4 is 35.7 Å². The van der Waals surface area contributed by atoms with Gasteiger partial charge in [0.05, 0.1) is 0 Å². The summed E-state index contributed by atoms with van der Waals surface area (Å²) in [5, 5.41) is 0. The van der Waals surface area contributed by atoms with E-state index >= 15 is 0 Å². The molecule has 0 amide bonds. The van der Waals surface area contributed by atoms with Gasteiger partial charge in [-0.1, -0.05) is 19.3 Å². The number of rotatable bonds is 0. The Kier molecular flexibility index (Phi) is 114. The summed E-state index contributed by atoms with van der Waals surface area (Å²) in [7, 11) is 6.50. The molecule has 0 saturated heterocycles. The molecule has 0 heterocycles. The first-order valence-electron chi connectivity index (χ1n) is 3.54. The smallest absolute Gasteiger partial charge is 1.00 e. The van der Waals surface area contributed by atoms with Gasteiger partial charge in [0.15, 0.2) is 0 Å². The summed E-state index contributed by atoms with van der Waals surface area (Å²) in [6, 6.07) is 0. The van der Waals surface area contributed by atoms with Crippen molar-refractivity contribution in [1.29, 1.82) is 0 Å². The topological polar surface area (TPSA) is 18.5 Å². The first kappa shape index (κ1) is 29.3. The van der Waals surface area contributed by atoms with E-state index in [1.807, 2.05) is 0 Å². The molecule has 5 heteroatoms. The number of hydrogen-bond acceptors (Lipinski definition) is 3. The largest absolute Gasteiger partial charge is 2.00 e. The molecule has 0 aromatic heterocycles. The van der Waals surface area contributed by atoms with Gasteiger partial charge in [-0.05, 0) is 0 Å². The first-order valence-corrected chi connectivity index (χ1v) is 4.36. The summed E-state index contributed by atoms with van der Waals surface area (Å²) in [5.74, 6) is 0. The summed E-state index contributed by atoms with van der Waals surface area (Å²) < 4.78 is 8.50. The van der Waals surface area contributed by atoms with Crippen LogP contribution in [0.3, 0.4) is 0 Å². The molecule has 0 radical (unpaired) electrons. The van der Waals surface area contributed by atoms with Crippen LogP contribution in [0.2, 0.25) is 0 Å². The van der Waals surface area contributed by atoms with E-state index in [2.05, 4.69) is 22.1 Å². The normalized spacial score (nSPS) is 8.77. The molecule has 1 saturated carbocycles. The molecule has 0 aromatic carbocycles. The monoisotopic (exact) mass is 240 g/mol. The zero-order valence-electron chi connectivity index (χ0n) is 9.43. The quantitative estimate of drug-likeness (QED) is 0.379. The van der Waals surface area contributed by atoms with E-state index in [-0.39, 0.29) is 35.5 Å². The van der Waals surface area contributed by atoms with Crippen molar-refractivity contribution in [3.63, 3.8) is 0 Å². The minimum absolute atomic E-state index is 0. The molecular weight excluding hydrogens is 220 g/mol. The summed E-state index contributed by atoms with van der Waals surface area (Å²) in [4.78, 5) is 0. The van der Waals surface area contributed by atoms with E-state index in [0.717, 1.165) is 0 Å². The van der Waals surface area contributed by atoms with Crippen LogP contribution in [-0.4, -0.2) is 57.7 Å². The Hall–Kier alpha value is 1.33. The average molecular weight is 241 g/mol. The van der Waals surface area contributed by atoms with Crippen molar-refractivity contribution in [3.8, 4) is 0 Å². The van der Waals surface area contributed by atoms with Crippen molar-refractivity contribution in [2.24, 2.45) is 0 Å². The maximum Gasteiger partial charge on any atom is 2.00 e. The maximum atomic E-state index is 4.25. The Morgan fingerprint density at radius 3 is 0.846 bits per heavy atom. The zero-order chi connectivity index (χ0) is 9.54. The molecule has 1 fully saturated rings. The summed E-state index contributed by atoms with van der Waals surface area (Å²) >= 11 is 4.08. The van der Waals surface area contributed by atoms with Gasteiger partial charge in [-0.3, -0.25) is 0 Å². The molecular formula is C8H21ClMgO2S. The first-order chi connectivity index (χ1) is 5.33. The fourth-order valence-corrected chi connectivity index (χ4v) is 0. The molecule has 0 atom stereocenters. The molecule has 0 aromatic rings. The predicted molar refractivity (Wildman–Crippen MR) is 58.8 cm³/mol. The van der Waals surface area contributed by atoms with Crippen molar-refractivity contribution in [3.05, 3.63) is 0 Å². The minimum Gasteiger partial charge on any atom is -1.00 e. The summed E-state index contributed by atoms with van der Waals surface area (Å²) in [6.07, 6.45) is 6.08. The van der Waals surface area contributed by atoms with E-state index in [1.165, 1.54) is 19.3 Å². The van der Waals surface area contributed by atoms with Crippen molar-refractivity contribution in [1.82, 2.24) is 0 Å². The van der Waals surface area contributed by atoms with Gasteiger partial charge >= 0.3 is 23.1 Å². The van der Waals surface area contributed by atoms with Crippen LogP contribution >= 0.6 is 0 Å². The summed E-state index contributed by atoms with van der Waals surface area (Å²) in [5.41, 5.74) is 0. The third-order valence-corrected chi connectivity index (χ3v) is 0.354. The van der Waals surface area contributed by atoms with Crippen LogP contribution in [0.25, 0.3) is 0 Å². The molecule has 0 bridgehead atoms. The van der Waals surface area contributed by atoms with Crippen molar-refractivity contribution in [2.45, 2.75) is 19.3 Å². The van der Waals surface area contributed by atoms with Crippen LogP contribution in [0, 0.1) is 0 Å². The van der Waals surface area contributed by atoms with Gasteiger partial charge in [-0.2, -0.15) is 6.26 Å². The molecule has 1 aliphatic rings.